The molecular formula is C14H22N2. The highest BCUT2D eigenvalue weighted by Gasteiger charge is 2.21. The first-order valence-corrected chi connectivity index (χ1v) is 6.17. The predicted molar refractivity (Wildman–Crippen MR) is 68.2 cm³/mol. The number of piperidine rings is 1. The quantitative estimate of drug-likeness (QED) is 0.824. The molecule has 1 fully saturated rings. The van der Waals surface area contributed by atoms with Crippen LogP contribution in [0.3, 0.4) is 0 Å². The van der Waals surface area contributed by atoms with Crippen molar-refractivity contribution in [3.05, 3.63) is 35.4 Å². The Kier molecular flexibility index (Phi) is 3.62. The Morgan fingerprint density at radius 1 is 1.25 bits per heavy atom. The van der Waals surface area contributed by atoms with Crippen molar-refractivity contribution in [2.75, 3.05) is 13.1 Å². The van der Waals surface area contributed by atoms with Crippen molar-refractivity contribution in [1.82, 2.24) is 4.90 Å². The Hall–Kier alpha value is -0.860. The molecule has 0 saturated carbocycles. The van der Waals surface area contributed by atoms with E-state index in [4.69, 9.17) is 5.73 Å². The van der Waals surface area contributed by atoms with Gasteiger partial charge in [-0.1, -0.05) is 36.8 Å². The summed E-state index contributed by atoms with van der Waals surface area (Å²) in [5, 5.41) is 0. The fourth-order valence-corrected chi connectivity index (χ4v) is 2.59. The molecule has 2 nitrogen and oxygen atoms in total. The molecule has 1 aromatic rings. The second kappa shape index (κ2) is 4.98. The van der Waals surface area contributed by atoms with E-state index in [0.29, 0.717) is 6.04 Å². The van der Waals surface area contributed by atoms with Gasteiger partial charge in [0.05, 0.1) is 0 Å². The lowest BCUT2D eigenvalue weighted by Crippen LogP contribution is -2.45. The maximum atomic E-state index is 6.05. The third-order valence-corrected chi connectivity index (χ3v) is 3.29. The number of likely N-dealkylation sites (tertiary alicyclic amines) is 1. The molecule has 1 aromatic carbocycles. The van der Waals surface area contributed by atoms with E-state index in [-0.39, 0.29) is 0 Å². The van der Waals surface area contributed by atoms with Crippen LogP contribution in [0.4, 0.5) is 0 Å². The van der Waals surface area contributed by atoms with Crippen LogP contribution in [-0.4, -0.2) is 24.0 Å². The van der Waals surface area contributed by atoms with Crippen LogP contribution in [0.5, 0.6) is 0 Å². The summed E-state index contributed by atoms with van der Waals surface area (Å²) in [5.74, 6) is 0.731. The molecule has 2 rings (SSSR count). The van der Waals surface area contributed by atoms with Crippen molar-refractivity contribution >= 4 is 0 Å². The van der Waals surface area contributed by atoms with Crippen molar-refractivity contribution in [3.8, 4) is 0 Å². The van der Waals surface area contributed by atoms with Gasteiger partial charge in [-0.05, 0) is 24.8 Å². The number of benzene rings is 1. The summed E-state index contributed by atoms with van der Waals surface area (Å²) in [6.45, 7) is 7.68. The van der Waals surface area contributed by atoms with E-state index in [0.717, 1.165) is 19.0 Å². The zero-order valence-corrected chi connectivity index (χ0v) is 10.3. The van der Waals surface area contributed by atoms with E-state index in [9.17, 15) is 0 Å². The average Bonchev–Trinajstić information content (AvgIpc) is 2.20. The third kappa shape index (κ3) is 3.06. The first-order valence-electron chi connectivity index (χ1n) is 6.17. The van der Waals surface area contributed by atoms with Gasteiger partial charge >= 0.3 is 0 Å². The van der Waals surface area contributed by atoms with E-state index >= 15 is 0 Å². The maximum Gasteiger partial charge on any atom is 0.0234 e. The van der Waals surface area contributed by atoms with Gasteiger partial charge in [-0.3, -0.25) is 4.90 Å². The highest BCUT2D eigenvalue weighted by Crippen LogP contribution is 2.17. The van der Waals surface area contributed by atoms with Gasteiger partial charge < -0.3 is 5.73 Å². The van der Waals surface area contributed by atoms with Crippen molar-refractivity contribution in [2.24, 2.45) is 11.7 Å². The highest BCUT2D eigenvalue weighted by atomic mass is 15.1. The Morgan fingerprint density at radius 2 is 1.94 bits per heavy atom. The van der Waals surface area contributed by atoms with Crippen molar-refractivity contribution in [1.29, 1.82) is 0 Å². The molecule has 0 bridgehead atoms. The van der Waals surface area contributed by atoms with Gasteiger partial charge in [-0.25, -0.2) is 0 Å². The monoisotopic (exact) mass is 218 g/mol. The Labute approximate surface area is 98.4 Å². The molecule has 1 saturated heterocycles. The summed E-state index contributed by atoms with van der Waals surface area (Å²) in [5.41, 5.74) is 8.77. The van der Waals surface area contributed by atoms with Crippen LogP contribution < -0.4 is 5.73 Å². The summed E-state index contributed by atoms with van der Waals surface area (Å²) in [6.07, 6.45) is 1.17. The molecular weight excluding hydrogens is 196 g/mol. The van der Waals surface area contributed by atoms with Crippen LogP contribution in [-0.2, 0) is 6.54 Å². The number of hydrogen-bond acceptors (Lipinski definition) is 2. The first-order chi connectivity index (χ1) is 7.63. The fourth-order valence-electron chi connectivity index (χ4n) is 2.59. The molecule has 2 heteroatoms. The lowest BCUT2D eigenvalue weighted by Gasteiger charge is -2.34. The Bertz CT molecular complexity index is 321. The fraction of sp³-hybridized carbons (Fsp3) is 0.571. The topological polar surface area (TPSA) is 29.3 Å². The molecule has 0 amide bonds. The first kappa shape index (κ1) is 11.6. The predicted octanol–water partition coefficient (Wildman–Crippen LogP) is 2.16. The molecule has 0 spiro atoms. The Balaban J connectivity index is 1.96. The van der Waals surface area contributed by atoms with Crippen LogP contribution >= 0.6 is 0 Å². The van der Waals surface area contributed by atoms with E-state index in [2.05, 4.69) is 43.0 Å². The van der Waals surface area contributed by atoms with Gasteiger partial charge in [0.25, 0.3) is 0 Å². The molecule has 2 atom stereocenters. The van der Waals surface area contributed by atoms with Gasteiger partial charge in [0.1, 0.15) is 0 Å². The Morgan fingerprint density at radius 3 is 2.56 bits per heavy atom. The number of nitrogens with two attached hydrogens (primary N) is 1. The molecule has 1 aliphatic heterocycles. The molecule has 0 radical (unpaired) electrons. The summed E-state index contributed by atoms with van der Waals surface area (Å²) >= 11 is 0. The molecule has 2 unspecified atom stereocenters. The molecule has 0 aliphatic carbocycles. The zero-order chi connectivity index (χ0) is 11.5. The van der Waals surface area contributed by atoms with Crippen LogP contribution in [0.15, 0.2) is 24.3 Å². The van der Waals surface area contributed by atoms with Gasteiger partial charge in [0, 0.05) is 25.7 Å². The summed E-state index contributed by atoms with van der Waals surface area (Å²) < 4.78 is 0. The summed E-state index contributed by atoms with van der Waals surface area (Å²) in [7, 11) is 0. The minimum absolute atomic E-state index is 0.356. The number of hydrogen-bond donors (Lipinski definition) is 1. The van der Waals surface area contributed by atoms with E-state index in [1.807, 2.05) is 0 Å². The van der Waals surface area contributed by atoms with Crippen molar-refractivity contribution < 1.29 is 0 Å². The number of aryl methyl sites for hydroxylation is 1. The van der Waals surface area contributed by atoms with Crippen LogP contribution in [0.1, 0.15) is 24.5 Å². The second-order valence-electron chi connectivity index (χ2n) is 5.28. The van der Waals surface area contributed by atoms with E-state index in [1.54, 1.807) is 0 Å². The zero-order valence-electron chi connectivity index (χ0n) is 10.3. The van der Waals surface area contributed by atoms with Crippen LogP contribution in [0.25, 0.3) is 0 Å². The van der Waals surface area contributed by atoms with Gasteiger partial charge in [0.2, 0.25) is 0 Å². The molecule has 1 heterocycles. The smallest absolute Gasteiger partial charge is 0.0234 e. The second-order valence-corrected chi connectivity index (χ2v) is 5.28. The largest absolute Gasteiger partial charge is 0.327 e. The molecule has 88 valence electrons. The SMILES string of the molecule is Cc1ccc(CN2CC(C)CC(N)C2)cc1. The van der Waals surface area contributed by atoms with Gasteiger partial charge in [0.15, 0.2) is 0 Å². The van der Waals surface area contributed by atoms with Gasteiger partial charge in [-0.2, -0.15) is 0 Å². The van der Waals surface area contributed by atoms with Gasteiger partial charge in [-0.15, -0.1) is 0 Å². The van der Waals surface area contributed by atoms with Crippen molar-refractivity contribution in [2.45, 2.75) is 32.9 Å². The minimum Gasteiger partial charge on any atom is -0.327 e. The standard InChI is InChI=1S/C14H22N2/c1-11-3-5-13(6-4-11)9-16-8-12(2)7-14(15)10-16/h3-6,12,14H,7-10,15H2,1-2H3. The molecule has 1 aliphatic rings. The third-order valence-electron chi connectivity index (χ3n) is 3.29. The number of nitrogens with zero attached hydrogens (tertiary/aromatic N) is 1. The lowest BCUT2D eigenvalue weighted by atomic mass is 9.96. The number of rotatable bonds is 2. The van der Waals surface area contributed by atoms with E-state index < -0.39 is 0 Å². The maximum absolute atomic E-state index is 6.05. The molecule has 2 N–H and O–H groups in total. The van der Waals surface area contributed by atoms with E-state index in [1.165, 1.54) is 24.1 Å². The summed E-state index contributed by atoms with van der Waals surface area (Å²) in [6, 6.07) is 9.17. The van der Waals surface area contributed by atoms with Crippen molar-refractivity contribution in [3.63, 3.8) is 0 Å². The summed E-state index contributed by atoms with van der Waals surface area (Å²) in [4.78, 5) is 2.48. The average molecular weight is 218 g/mol. The highest BCUT2D eigenvalue weighted by molar-refractivity contribution is 5.21. The minimum atomic E-state index is 0.356. The van der Waals surface area contributed by atoms with Crippen LogP contribution in [0.2, 0.25) is 0 Å². The molecule has 0 aromatic heterocycles. The lowest BCUT2D eigenvalue weighted by molar-refractivity contribution is 0.158. The normalized spacial score (nSPS) is 26.9. The van der Waals surface area contributed by atoms with Crippen LogP contribution in [0, 0.1) is 12.8 Å². The molecule has 16 heavy (non-hydrogen) atoms.